The van der Waals surface area contributed by atoms with E-state index in [1.807, 2.05) is 12.1 Å². The Labute approximate surface area is 106 Å². The van der Waals surface area contributed by atoms with Crippen LogP contribution in [0.2, 0.25) is 5.02 Å². The molecule has 1 aromatic rings. The molecule has 4 nitrogen and oxygen atoms in total. The van der Waals surface area contributed by atoms with Gasteiger partial charge in [-0.15, -0.1) is 0 Å². The molecule has 5 heteroatoms. The number of amides is 1. The quantitative estimate of drug-likeness (QED) is 0.864. The molecule has 0 aromatic heterocycles. The van der Waals surface area contributed by atoms with Gasteiger partial charge in [0, 0.05) is 14.1 Å². The van der Waals surface area contributed by atoms with Crippen molar-refractivity contribution in [1.82, 2.24) is 4.90 Å². The lowest BCUT2D eigenvalue weighted by Gasteiger charge is -2.14. The SMILES string of the molecule is CN(C)C(=O)COc1c(Cl)cccc1CCN. The lowest BCUT2D eigenvalue weighted by Crippen LogP contribution is -2.27. The molecule has 0 heterocycles. The molecule has 0 unspecified atom stereocenters. The van der Waals surface area contributed by atoms with E-state index in [4.69, 9.17) is 22.1 Å². The molecule has 2 N–H and O–H groups in total. The van der Waals surface area contributed by atoms with Gasteiger partial charge >= 0.3 is 0 Å². The van der Waals surface area contributed by atoms with Gasteiger partial charge in [0.15, 0.2) is 6.61 Å². The van der Waals surface area contributed by atoms with E-state index >= 15 is 0 Å². The molecule has 94 valence electrons. The lowest BCUT2D eigenvalue weighted by molar-refractivity contribution is -0.130. The molecule has 0 saturated heterocycles. The minimum absolute atomic E-state index is 0.0195. The molecule has 1 amide bonds. The van der Waals surface area contributed by atoms with Gasteiger partial charge < -0.3 is 15.4 Å². The largest absolute Gasteiger partial charge is 0.482 e. The summed E-state index contributed by atoms with van der Waals surface area (Å²) in [5.74, 6) is 0.443. The van der Waals surface area contributed by atoms with E-state index in [9.17, 15) is 4.79 Å². The number of rotatable bonds is 5. The molecule has 0 spiro atoms. The molecule has 1 aromatic carbocycles. The predicted octanol–water partition coefficient (Wildman–Crippen LogP) is 1.31. The first-order valence-electron chi connectivity index (χ1n) is 5.36. The maximum atomic E-state index is 11.4. The van der Waals surface area contributed by atoms with Crippen molar-refractivity contribution in [2.75, 3.05) is 27.2 Å². The third-order valence-corrected chi connectivity index (χ3v) is 2.60. The van der Waals surface area contributed by atoms with Crippen molar-refractivity contribution in [3.8, 4) is 5.75 Å². The summed E-state index contributed by atoms with van der Waals surface area (Å²) in [6.07, 6.45) is 0.673. The Morgan fingerprint density at radius 1 is 1.47 bits per heavy atom. The van der Waals surface area contributed by atoms with Crippen molar-refractivity contribution in [3.05, 3.63) is 28.8 Å². The van der Waals surface area contributed by atoms with Crippen LogP contribution in [0.25, 0.3) is 0 Å². The lowest BCUT2D eigenvalue weighted by atomic mass is 10.1. The monoisotopic (exact) mass is 256 g/mol. The Balaban J connectivity index is 2.78. The fraction of sp³-hybridized carbons (Fsp3) is 0.417. The van der Waals surface area contributed by atoms with Gasteiger partial charge in [-0.2, -0.15) is 0 Å². The summed E-state index contributed by atoms with van der Waals surface area (Å²) in [5.41, 5.74) is 6.43. The number of carbonyl (C=O) groups is 1. The zero-order valence-electron chi connectivity index (χ0n) is 10.1. The molecular formula is C12H17ClN2O2. The van der Waals surface area contributed by atoms with Crippen LogP contribution < -0.4 is 10.5 Å². The minimum atomic E-state index is -0.108. The zero-order chi connectivity index (χ0) is 12.8. The van der Waals surface area contributed by atoms with Crippen LogP contribution in [-0.4, -0.2) is 38.1 Å². The number of nitrogens with two attached hydrogens (primary N) is 1. The highest BCUT2D eigenvalue weighted by atomic mass is 35.5. The summed E-state index contributed by atoms with van der Waals surface area (Å²) in [4.78, 5) is 12.9. The topological polar surface area (TPSA) is 55.6 Å². The predicted molar refractivity (Wildman–Crippen MR) is 68.4 cm³/mol. The second-order valence-corrected chi connectivity index (χ2v) is 4.25. The van der Waals surface area contributed by atoms with E-state index < -0.39 is 0 Å². The Kier molecular flexibility index (Phi) is 5.25. The van der Waals surface area contributed by atoms with Gasteiger partial charge in [0.05, 0.1) is 5.02 Å². The van der Waals surface area contributed by atoms with Crippen molar-refractivity contribution in [2.45, 2.75) is 6.42 Å². The van der Waals surface area contributed by atoms with Crippen molar-refractivity contribution in [3.63, 3.8) is 0 Å². The normalized spacial score (nSPS) is 10.1. The van der Waals surface area contributed by atoms with Crippen molar-refractivity contribution in [1.29, 1.82) is 0 Å². The number of hydrogen-bond donors (Lipinski definition) is 1. The molecule has 0 saturated carbocycles. The van der Waals surface area contributed by atoms with Crippen LogP contribution in [0.1, 0.15) is 5.56 Å². The summed E-state index contributed by atoms with van der Waals surface area (Å²) >= 11 is 6.04. The molecule has 0 atom stereocenters. The van der Waals surface area contributed by atoms with Crippen LogP contribution >= 0.6 is 11.6 Å². The number of ether oxygens (including phenoxy) is 1. The summed E-state index contributed by atoms with van der Waals surface area (Å²) in [6.45, 7) is 0.493. The Bertz CT molecular complexity index is 394. The van der Waals surface area contributed by atoms with Gasteiger partial charge in [-0.25, -0.2) is 0 Å². The highest BCUT2D eigenvalue weighted by Crippen LogP contribution is 2.28. The van der Waals surface area contributed by atoms with E-state index in [1.54, 1.807) is 20.2 Å². The Hall–Kier alpha value is -1.26. The van der Waals surface area contributed by atoms with Crippen LogP contribution in [0.15, 0.2) is 18.2 Å². The van der Waals surface area contributed by atoms with Gasteiger partial charge in [-0.05, 0) is 24.6 Å². The smallest absolute Gasteiger partial charge is 0.259 e. The maximum Gasteiger partial charge on any atom is 0.259 e. The molecule has 0 aliphatic rings. The number of benzene rings is 1. The molecule has 17 heavy (non-hydrogen) atoms. The summed E-state index contributed by atoms with van der Waals surface area (Å²) in [7, 11) is 3.36. The number of para-hydroxylation sites is 1. The number of halogens is 1. The third kappa shape index (κ3) is 3.91. The minimum Gasteiger partial charge on any atom is -0.482 e. The molecule has 0 fully saturated rings. The molecule has 0 aliphatic heterocycles. The molecule has 1 rings (SSSR count). The summed E-state index contributed by atoms with van der Waals surface area (Å²) in [5, 5.41) is 0.502. The van der Waals surface area contributed by atoms with E-state index in [0.29, 0.717) is 23.7 Å². The van der Waals surface area contributed by atoms with E-state index in [-0.39, 0.29) is 12.5 Å². The van der Waals surface area contributed by atoms with Gasteiger partial charge in [0.1, 0.15) is 5.75 Å². The molecule has 0 radical (unpaired) electrons. The maximum absolute atomic E-state index is 11.4. The first kappa shape index (κ1) is 13.8. The standard InChI is InChI=1S/C12H17ClN2O2/c1-15(2)11(16)8-17-12-9(6-7-14)4-3-5-10(12)13/h3-5H,6-8,14H2,1-2H3. The zero-order valence-corrected chi connectivity index (χ0v) is 10.8. The molecule has 0 bridgehead atoms. The number of likely N-dealkylation sites (N-methyl/N-ethyl adjacent to an activating group) is 1. The van der Waals surface area contributed by atoms with Crippen LogP contribution in [0.3, 0.4) is 0 Å². The van der Waals surface area contributed by atoms with Gasteiger partial charge in [0.25, 0.3) is 5.91 Å². The van der Waals surface area contributed by atoms with Gasteiger partial charge in [0.2, 0.25) is 0 Å². The summed E-state index contributed by atoms with van der Waals surface area (Å²) < 4.78 is 5.46. The highest BCUT2D eigenvalue weighted by Gasteiger charge is 2.11. The Morgan fingerprint density at radius 2 is 2.18 bits per heavy atom. The number of carbonyl (C=O) groups excluding carboxylic acids is 1. The van der Waals surface area contributed by atoms with Gasteiger partial charge in [-0.3, -0.25) is 4.79 Å². The average Bonchev–Trinajstić information content (AvgIpc) is 2.28. The fourth-order valence-electron chi connectivity index (χ4n) is 1.33. The summed E-state index contributed by atoms with van der Waals surface area (Å²) in [6, 6.07) is 5.47. The fourth-order valence-corrected chi connectivity index (χ4v) is 1.58. The van der Waals surface area contributed by atoms with E-state index in [0.717, 1.165) is 5.56 Å². The molecular weight excluding hydrogens is 240 g/mol. The first-order valence-corrected chi connectivity index (χ1v) is 5.74. The molecule has 0 aliphatic carbocycles. The second-order valence-electron chi connectivity index (χ2n) is 3.84. The van der Waals surface area contributed by atoms with Crippen LogP contribution in [0, 0.1) is 0 Å². The third-order valence-electron chi connectivity index (χ3n) is 2.30. The van der Waals surface area contributed by atoms with Crippen LogP contribution in [0.5, 0.6) is 5.75 Å². The van der Waals surface area contributed by atoms with Crippen molar-refractivity contribution in [2.24, 2.45) is 5.73 Å². The van der Waals surface area contributed by atoms with Crippen molar-refractivity contribution >= 4 is 17.5 Å². The second kappa shape index (κ2) is 6.47. The average molecular weight is 257 g/mol. The van der Waals surface area contributed by atoms with E-state index in [2.05, 4.69) is 0 Å². The van der Waals surface area contributed by atoms with E-state index in [1.165, 1.54) is 4.90 Å². The first-order chi connectivity index (χ1) is 8.06. The van der Waals surface area contributed by atoms with Crippen LogP contribution in [-0.2, 0) is 11.2 Å². The number of nitrogens with zero attached hydrogens (tertiary/aromatic N) is 1. The highest BCUT2D eigenvalue weighted by molar-refractivity contribution is 6.32. The Morgan fingerprint density at radius 3 is 2.76 bits per heavy atom. The van der Waals surface area contributed by atoms with Gasteiger partial charge in [-0.1, -0.05) is 23.7 Å². The van der Waals surface area contributed by atoms with Crippen LogP contribution in [0.4, 0.5) is 0 Å². The van der Waals surface area contributed by atoms with Crippen molar-refractivity contribution < 1.29 is 9.53 Å². The number of hydrogen-bond acceptors (Lipinski definition) is 3.